The minimum Gasteiger partial charge on any atom is -0.269 e. The van der Waals surface area contributed by atoms with Crippen LogP contribution in [0.15, 0.2) is 18.5 Å². The summed E-state index contributed by atoms with van der Waals surface area (Å²) in [6.45, 7) is 2.63. The molecule has 0 aliphatic heterocycles. The van der Waals surface area contributed by atoms with Crippen LogP contribution in [0.4, 0.5) is 0 Å². The molecule has 4 nitrogen and oxygen atoms in total. The van der Waals surface area contributed by atoms with E-state index in [1.165, 1.54) is 0 Å². The van der Waals surface area contributed by atoms with E-state index in [4.69, 9.17) is 5.26 Å². The molecule has 0 saturated carbocycles. The van der Waals surface area contributed by atoms with Crippen molar-refractivity contribution in [3.63, 3.8) is 0 Å². The number of nitrogens with zero attached hydrogens (tertiary/aromatic N) is 4. The first-order chi connectivity index (χ1) is 6.79. The van der Waals surface area contributed by atoms with Gasteiger partial charge in [-0.15, -0.1) is 0 Å². The lowest BCUT2D eigenvalue weighted by molar-refractivity contribution is 0.633. The topological polar surface area (TPSA) is 54.5 Å². The molecule has 0 spiro atoms. The number of fused-ring (bicyclic) bond motifs is 1. The summed E-state index contributed by atoms with van der Waals surface area (Å²) in [6.07, 6.45) is 4.20. The highest BCUT2D eigenvalue weighted by Crippen LogP contribution is 2.10. The molecule has 0 fully saturated rings. The fourth-order valence-electron chi connectivity index (χ4n) is 1.35. The number of aromatic nitrogens is 3. The molecule has 0 aromatic carbocycles. The predicted octanol–water partition coefficient (Wildman–Crippen LogP) is 1.65. The first kappa shape index (κ1) is 8.70. The molecule has 2 rings (SSSR count). The molecule has 2 aromatic heterocycles. The van der Waals surface area contributed by atoms with Crippen LogP contribution >= 0.6 is 0 Å². The van der Waals surface area contributed by atoms with E-state index in [1.807, 2.05) is 19.2 Å². The van der Waals surface area contributed by atoms with Gasteiger partial charge in [-0.1, -0.05) is 0 Å². The molecule has 0 radical (unpaired) electrons. The Morgan fingerprint density at radius 1 is 1.57 bits per heavy atom. The Kier molecular flexibility index (Phi) is 2.15. The van der Waals surface area contributed by atoms with E-state index in [0.29, 0.717) is 13.0 Å². The lowest BCUT2D eigenvalue weighted by Gasteiger charge is -1.91. The molecule has 14 heavy (non-hydrogen) atoms. The van der Waals surface area contributed by atoms with Gasteiger partial charge in [-0.2, -0.15) is 10.4 Å². The quantitative estimate of drug-likeness (QED) is 0.716. The fraction of sp³-hybridized carbons (Fsp3) is 0.300. The molecule has 0 unspecified atom stereocenters. The number of pyridine rings is 1. The standard InChI is InChI=1S/C10H10N4/c1-8-5-9-7-14(4-2-3-11)13-10(9)12-6-8/h5-7H,2,4H2,1H3. The summed E-state index contributed by atoms with van der Waals surface area (Å²) in [7, 11) is 0. The van der Waals surface area contributed by atoms with Gasteiger partial charge in [0, 0.05) is 17.8 Å². The van der Waals surface area contributed by atoms with Crippen molar-refractivity contribution in [2.75, 3.05) is 0 Å². The zero-order valence-electron chi connectivity index (χ0n) is 7.94. The molecule has 70 valence electrons. The number of nitriles is 1. The van der Waals surface area contributed by atoms with Crippen molar-refractivity contribution in [1.29, 1.82) is 5.26 Å². The Bertz CT molecular complexity index is 492. The van der Waals surface area contributed by atoms with Crippen LogP contribution in [-0.4, -0.2) is 14.8 Å². The van der Waals surface area contributed by atoms with Crippen molar-refractivity contribution in [2.24, 2.45) is 0 Å². The second-order valence-electron chi connectivity index (χ2n) is 3.23. The van der Waals surface area contributed by atoms with Crippen molar-refractivity contribution >= 4 is 11.0 Å². The van der Waals surface area contributed by atoms with Crippen molar-refractivity contribution in [1.82, 2.24) is 14.8 Å². The third-order valence-electron chi connectivity index (χ3n) is 2.00. The van der Waals surface area contributed by atoms with Crippen LogP contribution < -0.4 is 0 Å². The van der Waals surface area contributed by atoms with Crippen molar-refractivity contribution < 1.29 is 0 Å². The molecule has 0 bridgehead atoms. The van der Waals surface area contributed by atoms with Crippen molar-refractivity contribution in [3.05, 3.63) is 24.0 Å². The van der Waals surface area contributed by atoms with Gasteiger partial charge in [0.15, 0.2) is 5.65 Å². The molecular formula is C10H10N4. The van der Waals surface area contributed by atoms with Crippen LogP contribution in [0.2, 0.25) is 0 Å². The van der Waals surface area contributed by atoms with E-state index < -0.39 is 0 Å². The third kappa shape index (κ3) is 1.57. The van der Waals surface area contributed by atoms with Gasteiger partial charge < -0.3 is 0 Å². The van der Waals surface area contributed by atoms with E-state index in [2.05, 4.69) is 16.2 Å². The highest BCUT2D eigenvalue weighted by molar-refractivity contribution is 5.74. The van der Waals surface area contributed by atoms with Crippen LogP contribution in [0, 0.1) is 18.3 Å². The maximum absolute atomic E-state index is 8.44. The summed E-state index contributed by atoms with van der Waals surface area (Å²) in [6, 6.07) is 4.13. The van der Waals surface area contributed by atoms with Crippen molar-refractivity contribution in [2.45, 2.75) is 19.9 Å². The summed E-state index contributed by atoms with van der Waals surface area (Å²) in [4.78, 5) is 4.19. The number of rotatable bonds is 2. The molecule has 0 atom stereocenters. The summed E-state index contributed by atoms with van der Waals surface area (Å²) < 4.78 is 1.76. The molecule has 4 heteroatoms. The Hall–Kier alpha value is -1.89. The molecular weight excluding hydrogens is 176 g/mol. The molecule has 0 saturated heterocycles. The summed E-state index contributed by atoms with van der Waals surface area (Å²) >= 11 is 0. The largest absolute Gasteiger partial charge is 0.269 e. The lowest BCUT2D eigenvalue weighted by Crippen LogP contribution is -1.96. The second-order valence-corrected chi connectivity index (χ2v) is 3.23. The average Bonchev–Trinajstić information content (AvgIpc) is 2.56. The number of aryl methyl sites for hydroxylation is 2. The van der Waals surface area contributed by atoms with Gasteiger partial charge in [0.2, 0.25) is 0 Å². The maximum atomic E-state index is 8.44. The highest BCUT2D eigenvalue weighted by Gasteiger charge is 2.00. The predicted molar refractivity (Wildman–Crippen MR) is 52.5 cm³/mol. The van der Waals surface area contributed by atoms with Crippen LogP contribution in [0.5, 0.6) is 0 Å². The average molecular weight is 186 g/mol. The van der Waals surface area contributed by atoms with Gasteiger partial charge in [0.25, 0.3) is 0 Å². The van der Waals surface area contributed by atoms with Gasteiger partial charge in [-0.3, -0.25) is 4.68 Å². The van der Waals surface area contributed by atoms with Crippen LogP contribution in [0.1, 0.15) is 12.0 Å². The number of hydrogen-bond donors (Lipinski definition) is 0. The third-order valence-corrected chi connectivity index (χ3v) is 2.00. The van der Waals surface area contributed by atoms with Crippen LogP contribution in [-0.2, 0) is 6.54 Å². The Labute approximate surface area is 81.8 Å². The molecule has 0 N–H and O–H groups in total. The van der Waals surface area contributed by atoms with Gasteiger partial charge in [-0.05, 0) is 18.6 Å². The Balaban J connectivity index is 2.37. The summed E-state index contributed by atoms with van der Waals surface area (Å²) in [5.74, 6) is 0. The monoisotopic (exact) mass is 186 g/mol. The lowest BCUT2D eigenvalue weighted by atomic mass is 10.3. The zero-order valence-corrected chi connectivity index (χ0v) is 7.94. The number of hydrogen-bond acceptors (Lipinski definition) is 3. The zero-order chi connectivity index (χ0) is 9.97. The van der Waals surface area contributed by atoms with Gasteiger partial charge in [-0.25, -0.2) is 4.98 Å². The smallest absolute Gasteiger partial charge is 0.181 e. The van der Waals surface area contributed by atoms with Gasteiger partial charge >= 0.3 is 0 Å². The first-order valence-corrected chi connectivity index (χ1v) is 4.46. The summed E-state index contributed by atoms with van der Waals surface area (Å²) in [5, 5.41) is 13.7. The van der Waals surface area contributed by atoms with E-state index in [1.54, 1.807) is 10.9 Å². The normalized spacial score (nSPS) is 10.3. The van der Waals surface area contributed by atoms with Gasteiger partial charge in [0.05, 0.1) is 19.0 Å². The van der Waals surface area contributed by atoms with E-state index in [-0.39, 0.29) is 0 Å². The van der Waals surface area contributed by atoms with E-state index >= 15 is 0 Å². The molecule has 0 aliphatic carbocycles. The fourth-order valence-corrected chi connectivity index (χ4v) is 1.35. The van der Waals surface area contributed by atoms with E-state index in [9.17, 15) is 0 Å². The highest BCUT2D eigenvalue weighted by atomic mass is 15.3. The van der Waals surface area contributed by atoms with Crippen LogP contribution in [0.25, 0.3) is 11.0 Å². The minimum atomic E-state index is 0.479. The second kappa shape index (κ2) is 3.46. The summed E-state index contributed by atoms with van der Waals surface area (Å²) in [5.41, 5.74) is 1.87. The van der Waals surface area contributed by atoms with Gasteiger partial charge in [0.1, 0.15) is 0 Å². The molecule has 2 heterocycles. The minimum absolute atomic E-state index is 0.479. The van der Waals surface area contributed by atoms with Crippen molar-refractivity contribution in [3.8, 4) is 6.07 Å². The Morgan fingerprint density at radius 2 is 2.43 bits per heavy atom. The van der Waals surface area contributed by atoms with E-state index in [0.717, 1.165) is 16.6 Å². The SMILES string of the molecule is Cc1cnc2nn(CCC#N)cc2c1. The van der Waals surface area contributed by atoms with Crippen LogP contribution in [0.3, 0.4) is 0 Å². The molecule has 0 amide bonds. The first-order valence-electron chi connectivity index (χ1n) is 4.46. The molecule has 0 aliphatic rings. The Morgan fingerprint density at radius 3 is 3.21 bits per heavy atom. The maximum Gasteiger partial charge on any atom is 0.181 e. The molecule has 2 aromatic rings.